The number of benzene rings is 1. The van der Waals surface area contributed by atoms with E-state index in [2.05, 4.69) is 20.9 Å². The van der Waals surface area contributed by atoms with Crippen LogP contribution in [0.25, 0.3) is 10.9 Å². The van der Waals surface area contributed by atoms with E-state index in [9.17, 15) is 29.1 Å². The predicted octanol–water partition coefficient (Wildman–Crippen LogP) is 0.851. The molecule has 39 heavy (non-hydrogen) atoms. The summed E-state index contributed by atoms with van der Waals surface area (Å²) in [6.45, 7) is 3.29. The van der Waals surface area contributed by atoms with Gasteiger partial charge in [-0.25, -0.2) is 4.79 Å². The molecule has 8 N–H and O–H groups in total. The number of aromatic amines is 1. The largest absolute Gasteiger partial charge is 0.481 e. The molecular weight excluding hydrogens is 526 g/mol. The second kappa shape index (κ2) is 15.1. The number of aliphatic carboxylic acids is 2. The van der Waals surface area contributed by atoms with Crippen LogP contribution in [0.4, 0.5) is 0 Å². The van der Waals surface area contributed by atoms with E-state index in [1.165, 1.54) is 11.8 Å². The van der Waals surface area contributed by atoms with Gasteiger partial charge in [-0.05, 0) is 42.4 Å². The highest BCUT2D eigenvalue weighted by Crippen LogP contribution is 2.19. The highest BCUT2D eigenvalue weighted by Gasteiger charge is 2.32. The van der Waals surface area contributed by atoms with Crippen LogP contribution >= 0.6 is 11.8 Å². The molecule has 1 aromatic carbocycles. The number of amides is 3. The van der Waals surface area contributed by atoms with Crippen LogP contribution in [0.15, 0.2) is 30.5 Å². The summed E-state index contributed by atoms with van der Waals surface area (Å²) in [5, 5.41) is 27.1. The number of carbonyl (C=O) groups is 5. The van der Waals surface area contributed by atoms with Gasteiger partial charge in [-0.15, -0.1) is 0 Å². The van der Waals surface area contributed by atoms with Crippen molar-refractivity contribution in [1.82, 2.24) is 20.9 Å². The number of rotatable bonds is 16. The summed E-state index contributed by atoms with van der Waals surface area (Å²) in [6, 6.07) is 2.78. The minimum Gasteiger partial charge on any atom is -0.481 e. The van der Waals surface area contributed by atoms with Crippen molar-refractivity contribution in [2.24, 2.45) is 11.7 Å². The van der Waals surface area contributed by atoms with Gasteiger partial charge in [0.05, 0.1) is 6.04 Å². The lowest BCUT2D eigenvalue weighted by atomic mass is 10.0. The van der Waals surface area contributed by atoms with Crippen LogP contribution in [-0.2, 0) is 30.4 Å². The Hall–Kier alpha value is -3.58. The topological polar surface area (TPSA) is 204 Å². The molecule has 0 fully saturated rings. The molecule has 0 saturated heterocycles. The number of thioether (sulfide) groups is 1. The molecule has 12 nitrogen and oxygen atoms in total. The van der Waals surface area contributed by atoms with Crippen molar-refractivity contribution >= 4 is 52.3 Å². The number of carboxylic acid groups (broad SMARTS) is 2. The maximum absolute atomic E-state index is 13.3. The number of aromatic nitrogens is 1. The van der Waals surface area contributed by atoms with E-state index < -0.39 is 66.2 Å². The maximum atomic E-state index is 13.3. The minimum absolute atomic E-state index is 0.0128. The van der Waals surface area contributed by atoms with Crippen LogP contribution in [-0.4, -0.2) is 81.0 Å². The third kappa shape index (κ3) is 9.59. The minimum atomic E-state index is -1.27. The molecule has 0 spiro atoms. The van der Waals surface area contributed by atoms with Gasteiger partial charge in [-0.2, -0.15) is 11.8 Å². The van der Waals surface area contributed by atoms with Gasteiger partial charge < -0.3 is 36.9 Å². The van der Waals surface area contributed by atoms with E-state index in [1.54, 1.807) is 20.0 Å². The number of hydrogen-bond donors (Lipinski definition) is 7. The average molecular weight is 564 g/mol. The summed E-state index contributed by atoms with van der Waals surface area (Å²) in [7, 11) is 0. The molecule has 0 aliphatic carbocycles. The molecule has 2 aromatic rings. The van der Waals surface area contributed by atoms with Gasteiger partial charge >= 0.3 is 11.9 Å². The van der Waals surface area contributed by atoms with E-state index in [1.807, 2.05) is 30.5 Å². The quantitative estimate of drug-likeness (QED) is 0.154. The molecule has 0 aliphatic heterocycles. The Labute approximate surface area is 230 Å². The van der Waals surface area contributed by atoms with Crippen molar-refractivity contribution in [3.8, 4) is 0 Å². The molecule has 0 radical (unpaired) electrons. The second-order valence-corrected chi connectivity index (χ2v) is 10.6. The van der Waals surface area contributed by atoms with Crippen LogP contribution in [0, 0.1) is 5.92 Å². The highest BCUT2D eigenvalue weighted by molar-refractivity contribution is 7.98. The third-order valence-corrected chi connectivity index (χ3v) is 6.86. The average Bonchev–Trinajstić information content (AvgIpc) is 3.29. The van der Waals surface area contributed by atoms with Gasteiger partial charge in [-0.3, -0.25) is 19.2 Å². The fraction of sp³-hybridized carbons (Fsp3) is 0.500. The predicted molar refractivity (Wildman–Crippen MR) is 148 cm³/mol. The van der Waals surface area contributed by atoms with Crippen LogP contribution < -0.4 is 21.7 Å². The monoisotopic (exact) mass is 563 g/mol. The van der Waals surface area contributed by atoms with Crippen molar-refractivity contribution in [1.29, 1.82) is 0 Å². The smallest absolute Gasteiger partial charge is 0.326 e. The van der Waals surface area contributed by atoms with Crippen molar-refractivity contribution in [3.05, 3.63) is 36.0 Å². The number of fused-ring (bicyclic) bond motifs is 1. The van der Waals surface area contributed by atoms with Gasteiger partial charge in [0.25, 0.3) is 0 Å². The lowest BCUT2D eigenvalue weighted by molar-refractivity contribution is -0.143. The molecule has 214 valence electrons. The van der Waals surface area contributed by atoms with Crippen molar-refractivity contribution in [2.45, 2.75) is 63.7 Å². The maximum Gasteiger partial charge on any atom is 0.326 e. The molecule has 1 aromatic heterocycles. The number of H-pyrrole nitrogens is 1. The van der Waals surface area contributed by atoms with E-state index >= 15 is 0 Å². The first-order chi connectivity index (χ1) is 18.4. The molecule has 4 unspecified atom stereocenters. The Morgan fingerprint density at radius 2 is 1.59 bits per heavy atom. The zero-order valence-electron chi connectivity index (χ0n) is 22.2. The SMILES string of the molecule is CSCCC(N)C(=O)NC(CCC(=O)O)C(=O)NC(Cc1c[nH]c2ccccc12)C(=O)NC(C(=O)O)C(C)C. The number of hydrogen-bond acceptors (Lipinski definition) is 7. The zero-order chi connectivity index (χ0) is 29.1. The van der Waals surface area contributed by atoms with E-state index in [4.69, 9.17) is 10.8 Å². The first-order valence-electron chi connectivity index (χ1n) is 12.6. The fourth-order valence-electron chi connectivity index (χ4n) is 3.96. The highest BCUT2D eigenvalue weighted by atomic mass is 32.2. The molecule has 1 heterocycles. The van der Waals surface area contributed by atoms with Gasteiger partial charge in [0.1, 0.15) is 18.1 Å². The molecular formula is C26H37N5O7S. The standard InChI is InChI=1S/C26H37N5O7S/c1-14(2)22(26(37)38)31-25(36)20(12-15-13-28-18-7-5-4-6-16(15)18)30-24(35)19(8-9-21(32)33)29-23(34)17(27)10-11-39-3/h4-7,13-14,17,19-20,22,28H,8-12,27H2,1-3H3,(H,29,34)(H,30,35)(H,31,36)(H,32,33)(H,37,38). The normalized spacial score (nSPS) is 14.3. The molecule has 2 rings (SSSR count). The summed E-state index contributed by atoms with van der Waals surface area (Å²) in [4.78, 5) is 65.2. The van der Waals surface area contributed by atoms with Crippen LogP contribution in [0.3, 0.4) is 0 Å². The van der Waals surface area contributed by atoms with Crippen LogP contribution in [0.1, 0.15) is 38.7 Å². The lowest BCUT2D eigenvalue weighted by Gasteiger charge is -2.26. The third-order valence-electron chi connectivity index (χ3n) is 6.21. The fourth-order valence-corrected chi connectivity index (χ4v) is 4.45. The van der Waals surface area contributed by atoms with Crippen molar-refractivity contribution < 1.29 is 34.2 Å². The van der Waals surface area contributed by atoms with Crippen molar-refractivity contribution in [2.75, 3.05) is 12.0 Å². The second-order valence-electron chi connectivity index (χ2n) is 9.57. The first kappa shape index (κ1) is 31.6. The molecule has 0 saturated carbocycles. The van der Waals surface area contributed by atoms with E-state index in [0.29, 0.717) is 17.7 Å². The summed E-state index contributed by atoms with van der Waals surface area (Å²) >= 11 is 1.50. The van der Waals surface area contributed by atoms with E-state index in [-0.39, 0.29) is 12.8 Å². The molecule has 0 bridgehead atoms. The van der Waals surface area contributed by atoms with Crippen molar-refractivity contribution in [3.63, 3.8) is 0 Å². The first-order valence-corrected chi connectivity index (χ1v) is 14.0. The molecule has 4 atom stereocenters. The molecule has 0 aliphatic rings. The zero-order valence-corrected chi connectivity index (χ0v) is 23.0. The Bertz CT molecular complexity index is 1170. The Kier molecular flexibility index (Phi) is 12.3. The van der Waals surface area contributed by atoms with Gasteiger partial charge in [-0.1, -0.05) is 32.0 Å². The number of carboxylic acids is 2. The Morgan fingerprint density at radius 1 is 0.949 bits per heavy atom. The Balaban J connectivity index is 2.32. The summed E-state index contributed by atoms with van der Waals surface area (Å²) in [5.41, 5.74) is 7.43. The molecule has 13 heteroatoms. The van der Waals surface area contributed by atoms with Crippen LogP contribution in [0.2, 0.25) is 0 Å². The molecule has 3 amide bonds. The number of para-hydroxylation sites is 1. The number of nitrogens with one attached hydrogen (secondary N) is 4. The summed E-state index contributed by atoms with van der Waals surface area (Å²) in [6.07, 6.45) is 3.29. The summed E-state index contributed by atoms with van der Waals surface area (Å²) in [5.74, 6) is -4.31. The lowest BCUT2D eigenvalue weighted by Crippen LogP contribution is -2.58. The van der Waals surface area contributed by atoms with Gasteiger partial charge in [0.2, 0.25) is 17.7 Å². The van der Waals surface area contributed by atoms with Gasteiger partial charge in [0, 0.05) is 29.9 Å². The number of nitrogens with two attached hydrogens (primary N) is 1. The van der Waals surface area contributed by atoms with E-state index in [0.717, 1.165) is 10.9 Å². The number of carbonyl (C=O) groups excluding carboxylic acids is 3. The van der Waals surface area contributed by atoms with Gasteiger partial charge in [0.15, 0.2) is 0 Å². The Morgan fingerprint density at radius 3 is 2.21 bits per heavy atom. The van der Waals surface area contributed by atoms with Crippen LogP contribution in [0.5, 0.6) is 0 Å². The summed E-state index contributed by atoms with van der Waals surface area (Å²) < 4.78 is 0.